The fraction of sp³-hybridized carbons (Fsp3) is 0.522. The molecule has 0 aromatic carbocycles. The Bertz CT molecular complexity index is 1170. The largest absolute Gasteiger partial charge is 0.444 e. The second-order valence-corrected chi connectivity index (χ2v) is 10.0. The number of aromatic nitrogens is 3. The Kier molecular flexibility index (Phi) is 6.16. The summed E-state index contributed by atoms with van der Waals surface area (Å²) < 4.78 is 71.6. The van der Waals surface area contributed by atoms with Gasteiger partial charge in [0, 0.05) is 24.7 Å². The second-order valence-electron chi connectivity index (χ2n) is 10.0. The van der Waals surface area contributed by atoms with Crippen molar-refractivity contribution in [3.05, 3.63) is 42.1 Å². The van der Waals surface area contributed by atoms with Crippen molar-refractivity contribution in [3.8, 4) is 11.3 Å². The van der Waals surface area contributed by atoms with E-state index in [4.69, 9.17) is 4.74 Å². The number of nitrogens with one attached hydrogen (secondary N) is 1. The molecular weight excluding hydrogens is 489 g/mol. The molecule has 0 bridgehead atoms. The van der Waals surface area contributed by atoms with Gasteiger partial charge in [0.05, 0.1) is 23.3 Å². The molecule has 194 valence electrons. The normalized spacial score (nSPS) is 23.0. The number of likely N-dealkylation sites (tertiary alicyclic amines) is 1. The zero-order valence-electron chi connectivity index (χ0n) is 19.7. The van der Waals surface area contributed by atoms with Crippen LogP contribution in [0.3, 0.4) is 0 Å². The highest BCUT2D eigenvalue weighted by molar-refractivity contribution is 5.86. The quantitative estimate of drug-likeness (QED) is 0.616. The highest BCUT2D eigenvalue weighted by Crippen LogP contribution is 2.66. The summed E-state index contributed by atoms with van der Waals surface area (Å²) in [5, 5.41) is 2.60. The molecule has 2 amide bonds. The van der Waals surface area contributed by atoms with Gasteiger partial charge in [0.2, 0.25) is 5.91 Å². The van der Waals surface area contributed by atoms with E-state index in [0.717, 1.165) is 17.2 Å². The topological polar surface area (TPSA) is 97.3 Å². The smallest absolute Gasteiger partial charge is 0.433 e. The van der Waals surface area contributed by atoms with E-state index in [1.54, 1.807) is 20.8 Å². The summed E-state index contributed by atoms with van der Waals surface area (Å²) in [6.07, 6.45) is -3.81. The zero-order valence-corrected chi connectivity index (χ0v) is 19.7. The number of hydrogen-bond acceptors (Lipinski definition) is 6. The molecule has 0 radical (unpaired) electrons. The average molecular weight is 513 g/mol. The predicted octanol–water partition coefficient (Wildman–Crippen LogP) is 4.21. The molecule has 2 aromatic heterocycles. The number of alkyl halides is 5. The van der Waals surface area contributed by atoms with Crippen LogP contribution in [0.4, 0.5) is 26.7 Å². The van der Waals surface area contributed by atoms with E-state index in [9.17, 15) is 31.5 Å². The van der Waals surface area contributed by atoms with Crippen molar-refractivity contribution < 1.29 is 36.3 Å². The van der Waals surface area contributed by atoms with Crippen molar-refractivity contribution >= 4 is 12.0 Å². The molecule has 2 fully saturated rings. The Morgan fingerprint density at radius 2 is 1.86 bits per heavy atom. The van der Waals surface area contributed by atoms with Crippen molar-refractivity contribution in [3.63, 3.8) is 0 Å². The summed E-state index contributed by atoms with van der Waals surface area (Å²) in [6, 6.07) is 2.36. The van der Waals surface area contributed by atoms with Crippen LogP contribution < -0.4 is 5.32 Å². The lowest BCUT2D eigenvalue weighted by molar-refractivity contribution is -0.141. The molecule has 1 unspecified atom stereocenters. The number of ether oxygens (including phenoxy) is 1. The van der Waals surface area contributed by atoms with Gasteiger partial charge in [0.25, 0.3) is 5.92 Å². The maximum atomic E-state index is 14.1. The first-order valence-electron chi connectivity index (χ1n) is 11.1. The molecule has 1 spiro atoms. The first-order valence-corrected chi connectivity index (χ1v) is 11.1. The monoisotopic (exact) mass is 513 g/mol. The Labute approximate surface area is 203 Å². The minimum absolute atomic E-state index is 0.121. The van der Waals surface area contributed by atoms with Gasteiger partial charge in [0.15, 0.2) is 0 Å². The lowest BCUT2D eigenvalue weighted by atomic mass is 10.0. The third kappa shape index (κ3) is 5.24. The van der Waals surface area contributed by atoms with Crippen LogP contribution in [-0.4, -0.2) is 56.0 Å². The first-order chi connectivity index (χ1) is 16.6. The predicted molar refractivity (Wildman–Crippen MR) is 115 cm³/mol. The number of pyridine rings is 1. The third-order valence-corrected chi connectivity index (χ3v) is 6.09. The number of rotatable bonds is 4. The number of carbonyl (C=O) groups excluding carboxylic acids is 2. The van der Waals surface area contributed by atoms with Gasteiger partial charge in [-0.25, -0.2) is 23.5 Å². The van der Waals surface area contributed by atoms with Crippen LogP contribution in [-0.2, 0) is 22.3 Å². The molecule has 13 heteroatoms. The molecule has 4 rings (SSSR count). The molecule has 1 saturated carbocycles. The van der Waals surface area contributed by atoms with Gasteiger partial charge in [-0.05, 0) is 45.4 Å². The molecule has 1 saturated heterocycles. The molecule has 1 N–H and O–H groups in total. The number of nitrogens with zero attached hydrogens (tertiary/aromatic N) is 4. The van der Waals surface area contributed by atoms with E-state index in [2.05, 4.69) is 20.3 Å². The Hall–Kier alpha value is -3.38. The van der Waals surface area contributed by atoms with Gasteiger partial charge in [-0.3, -0.25) is 14.7 Å². The summed E-state index contributed by atoms with van der Waals surface area (Å²) in [5.41, 5.74) is -2.45. The molecule has 1 aliphatic heterocycles. The van der Waals surface area contributed by atoms with Crippen LogP contribution in [0, 0.1) is 5.41 Å². The van der Waals surface area contributed by atoms with Crippen molar-refractivity contribution in [2.45, 2.75) is 63.9 Å². The van der Waals surface area contributed by atoms with Gasteiger partial charge in [0.1, 0.15) is 23.7 Å². The lowest BCUT2D eigenvalue weighted by Gasteiger charge is -2.28. The fourth-order valence-electron chi connectivity index (χ4n) is 4.16. The summed E-state index contributed by atoms with van der Waals surface area (Å²) in [5.74, 6) is -3.60. The SMILES string of the molecule is CC(C)(C)OC(=O)N1CC2(C[C@H]1C(=O)NCc1cc(-c3ccc(C(F)(F)F)nc3)ncn1)CC2(F)F. The van der Waals surface area contributed by atoms with Gasteiger partial charge in [-0.2, -0.15) is 13.2 Å². The molecular formula is C23H24F5N5O3. The van der Waals surface area contributed by atoms with Crippen LogP contribution in [0.15, 0.2) is 30.7 Å². The maximum Gasteiger partial charge on any atom is 0.433 e. The van der Waals surface area contributed by atoms with E-state index in [1.807, 2.05) is 0 Å². The van der Waals surface area contributed by atoms with Gasteiger partial charge >= 0.3 is 12.3 Å². The molecule has 3 heterocycles. The number of hydrogen-bond donors (Lipinski definition) is 1. The fourth-order valence-corrected chi connectivity index (χ4v) is 4.16. The molecule has 8 nitrogen and oxygen atoms in total. The molecule has 2 aromatic rings. The van der Waals surface area contributed by atoms with Gasteiger partial charge in [-0.1, -0.05) is 0 Å². The highest BCUT2D eigenvalue weighted by Gasteiger charge is 2.75. The summed E-state index contributed by atoms with van der Waals surface area (Å²) in [7, 11) is 0. The summed E-state index contributed by atoms with van der Waals surface area (Å²) >= 11 is 0. The first kappa shape index (κ1) is 25.7. The Morgan fingerprint density at radius 1 is 1.17 bits per heavy atom. The molecule has 2 aliphatic rings. The number of carbonyl (C=O) groups is 2. The van der Waals surface area contributed by atoms with E-state index in [1.165, 1.54) is 18.5 Å². The maximum absolute atomic E-state index is 14.1. The van der Waals surface area contributed by atoms with E-state index >= 15 is 0 Å². The molecule has 1 aliphatic carbocycles. The van der Waals surface area contributed by atoms with E-state index in [-0.39, 0.29) is 25.2 Å². The van der Waals surface area contributed by atoms with Crippen LogP contribution in [0.25, 0.3) is 11.3 Å². The zero-order chi connectivity index (χ0) is 26.5. The van der Waals surface area contributed by atoms with Crippen LogP contribution in [0.1, 0.15) is 45.0 Å². The minimum Gasteiger partial charge on any atom is -0.444 e. The molecule has 2 atom stereocenters. The summed E-state index contributed by atoms with van der Waals surface area (Å²) in [6.45, 7) is 4.50. The van der Waals surface area contributed by atoms with Crippen LogP contribution in [0.5, 0.6) is 0 Å². The third-order valence-electron chi connectivity index (χ3n) is 6.09. The Balaban J connectivity index is 1.45. The average Bonchev–Trinajstić information content (AvgIpc) is 3.10. The highest BCUT2D eigenvalue weighted by atomic mass is 19.4. The lowest BCUT2D eigenvalue weighted by Crippen LogP contribution is -2.47. The van der Waals surface area contributed by atoms with Crippen LogP contribution in [0.2, 0.25) is 0 Å². The second kappa shape index (κ2) is 8.63. The van der Waals surface area contributed by atoms with E-state index in [0.29, 0.717) is 11.3 Å². The number of halogens is 5. The van der Waals surface area contributed by atoms with Crippen molar-refractivity contribution in [2.24, 2.45) is 5.41 Å². The van der Waals surface area contributed by atoms with Crippen molar-refractivity contribution in [1.82, 2.24) is 25.2 Å². The van der Waals surface area contributed by atoms with Crippen molar-refractivity contribution in [1.29, 1.82) is 0 Å². The summed E-state index contributed by atoms with van der Waals surface area (Å²) in [4.78, 5) is 38.1. The molecule has 36 heavy (non-hydrogen) atoms. The van der Waals surface area contributed by atoms with Crippen molar-refractivity contribution in [2.75, 3.05) is 6.54 Å². The van der Waals surface area contributed by atoms with Gasteiger partial charge in [-0.15, -0.1) is 0 Å². The van der Waals surface area contributed by atoms with Gasteiger partial charge < -0.3 is 10.1 Å². The minimum atomic E-state index is -4.57. The van der Waals surface area contributed by atoms with Crippen LogP contribution >= 0.6 is 0 Å². The standard InChI is InChI=1S/C23H24F5N5O3/c1-20(2,3)36-19(35)33-11-21(10-22(21,24)25)7-16(33)18(34)30-9-14-6-15(32-12-31-14)13-4-5-17(29-8-13)23(26,27)28/h4-6,8,12,16H,7,9-11H2,1-3H3,(H,30,34)/t16-,21?/m0/s1. The van der Waals surface area contributed by atoms with E-state index < -0.39 is 53.3 Å². The Morgan fingerprint density at radius 3 is 2.42 bits per heavy atom. The number of amides is 2.